The quantitative estimate of drug-likeness (QED) is 0.622. The number of aromatic nitrogens is 4. The van der Waals surface area contributed by atoms with Gasteiger partial charge >= 0.3 is 6.18 Å². The topological polar surface area (TPSA) is 63.9 Å². The van der Waals surface area contributed by atoms with Gasteiger partial charge in [0.2, 0.25) is 5.82 Å². The molecule has 28 heavy (non-hydrogen) atoms. The molecule has 6 nitrogen and oxygen atoms in total. The Balaban J connectivity index is 1.77. The Hall–Kier alpha value is -3.30. The van der Waals surface area contributed by atoms with E-state index in [0.717, 1.165) is 16.9 Å². The van der Waals surface area contributed by atoms with E-state index in [9.17, 15) is 22.4 Å². The lowest BCUT2D eigenvalue weighted by Gasteiger charge is -2.20. The van der Waals surface area contributed by atoms with Crippen LogP contribution in [0.15, 0.2) is 48.5 Å². The van der Waals surface area contributed by atoms with Gasteiger partial charge in [0.25, 0.3) is 5.91 Å². The van der Waals surface area contributed by atoms with Crippen LogP contribution in [-0.4, -0.2) is 32.7 Å². The van der Waals surface area contributed by atoms with Crippen LogP contribution < -0.4 is 4.90 Å². The summed E-state index contributed by atoms with van der Waals surface area (Å²) >= 11 is 0. The van der Waals surface area contributed by atoms with Crippen LogP contribution in [0.5, 0.6) is 0 Å². The molecular weight excluding hydrogens is 378 g/mol. The van der Waals surface area contributed by atoms with E-state index >= 15 is 0 Å². The number of alkyl halides is 3. The van der Waals surface area contributed by atoms with Gasteiger partial charge in [0, 0.05) is 17.8 Å². The van der Waals surface area contributed by atoms with Crippen LogP contribution in [0.4, 0.5) is 23.2 Å². The number of anilines is 1. The molecule has 0 saturated heterocycles. The first-order valence-corrected chi connectivity index (χ1v) is 8.29. The third kappa shape index (κ3) is 4.33. The number of carbonyl (C=O) groups excluding carboxylic acids is 1. The summed E-state index contributed by atoms with van der Waals surface area (Å²) in [5.41, 5.74) is -0.183. The summed E-state index contributed by atoms with van der Waals surface area (Å²) in [6.45, 7) is 1.82. The zero-order valence-electron chi connectivity index (χ0n) is 14.7. The van der Waals surface area contributed by atoms with Gasteiger partial charge in [-0.2, -0.15) is 18.0 Å². The van der Waals surface area contributed by atoms with E-state index in [0.29, 0.717) is 12.2 Å². The Labute approximate surface area is 157 Å². The molecule has 0 N–H and O–H groups in total. The monoisotopic (exact) mass is 393 g/mol. The zero-order valence-corrected chi connectivity index (χ0v) is 14.7. The average molecular weight is 393 g/mol. The van der Waals surface area contributed by atoms with Crippen LogP contribution >= 0.6 is 0 Å². The third-order valence-corrected chi connectivity index (χ3v) is 3.93. The largest absolute Gasteiger partial charge is 0.416 e. The van der Waals surface area contributed by atoms with Gasteiger partial charge in [-0.3, -0.25) is 4.79 Å². The Morgan fingerprint density at radius 1 is 1.14 bits per heavy atom. The van der Waals surface area contributed by atoms with Crippen LogP contribution in [0, 0.1) is 5.82 Å². The van der Waals surface area contributed by atoms with Crippen molar-refractivity contribution < 1.29 is 22.4 Å². The summed E-state index contributed by atoms with van der Waals surface area (Å²) in [4.78, 5) is 14.9. The van der Waals surface area contributed by atoms with Crippen molar-refractivity contribution in [3.63, 3.8) is 0 Å². The van der Waals surface area contributed by atoms with E-state index in [1.54, 1.807) is 6.92 Å². The number of hydrogen-bond donors (Lipinski definition) is 0. The first kappa shape index (κ1) is 19.5. The number of nitrogens with zero attached hydrogens (tertiary/aromatic N) is 5. The molecule has 1 heterocycles. The number of rotatable bonds is 5. The van der Waals surface area contributed by atoms with Gasteiger partial charge < -0.3 is 4.90 Å². The normalized spacial score (nSPS) is 11.5. The minimum absolute atomic E-state index is 0.0243. The van der Waals surface area contributed by atoms with E-state index in [2.05, 4.69) is 15.4 Å². The fourth-order valence-electron chi connectivity index (χ4n) is 2.59. The SMILES string of the molecule is CCN(C(=O)Cn1nnc(-c2cccc(C(F)(F)F)c2)n1)c1ccc(F)cc1. The second-order valence-electron chi connectivity index (χ2n) is 5.84. The lowest BCUT2D eigenvalue weighted by atomic mass is 10.1. The number of amides is 1. The third-order valence-electron chi connectivity index (χ3n) is 3.93. The summed E-state index contributed by atoms with van der Waals surface area (Å²) in [5.74, 6) is -0.818. The molecule has 0 radical (unpaired) electrons. The molecule has 0 atom stereocenters. The van der Waals surface area contributed by atoms with Crippen LogP contribution in [-0.2, 0) is 17.5 Å². The minimum Gasteiger partial charge on any atom is -0.311 e. The van der Waals surface area contributed by atoms with Crippen molar-refractivity contribution >= 4 is 11.6 Å². The van der Waals surface area contributed by atoms with Gasteiger partial charge in [0.05, 0.1) is 5.56 Å². The van der Waals surface area contributed by atoms with Gasteiger partial charge in [-0.1, -0.05) is 12.1 Å². The molecule has 0 fully saturated rings. The van der Waals surface area contributed by atoms with E-state index in [-0.39, 0.29) is 23.8 Å². The summed E-state index contributed by atoms with van der Waals surface area (Å²) in [6.07, 6.45) is -4.49. The number of likely N-dealkylation sites (N-methyl/N-ethyl adjacent to an activating group) is 1. The van der Waals surface area contributed by atoms with E-state index in [4.69, 9.17) is 0 Å². The first-order chi connectivity index (χ1) is 13.3. The van der Waals surface area contributed by atoms with Gasteiger partial charge in [0.1, 0.15) is 12.4 Å². The lowest BCUT2D eigenvalue weighted by Crippen LogP contribution is -2.34. The number of hydrogen-bond acceptors (Lipinski definition) is 4. The van der Waals surface area contributed by atoms with Crippen molar-refractivity contribution in [2.75, 3.05) is 11.4 Å². The molecule has 0 unspecified atom stereocenters. The Morgan fingerprint density at radius 2 is 1.86 bits per heavy atom. The molecule has 10 heteroatoms. The number of benzene rings is 2. The maximum atomic E-state index is 13.1. The highest BCUT2D eigenvalue weighted by Gasteiger charge is 2.30. The molecule has 0 aliphatic heterocycles. The molecule has 0 aliphatic carbocycles. The first-order valence-electron chi connectivity index (χ1n) is 8.29. The minimum atomic E-state index is -4.49. The van der Waals surface area contributed by atoms with Crippen molar-refractivity contribution in [2.45, 2.75) is 19.6 Å². The average Bonchev–Trinajstić information content (AvgIpc) is 3.12. The predicted octanol–water partition coefficient (Wildman–Crippen LogP) is 3.55. The number of halogens is 4. The van der Waals surface area contributed by atoms with Crippen molar-refractivity contribution in [1.82, 2.24) is 20.2 Å². The molecule has 2 aromatic carbocycles. The molecule has 3 rings (SSSR count). The van der Waals surface area contributed by atoms with E-state index < -0.39 is 17.6 Å². The highest BCUT2D eigenvalue weighted by molar-refractivity contribution is 5.92. The summed E-state index contributed by atoms with van der Waals surface area (Å²) < 4.78 is 51.6. The standard InChI is InChI=1S/C18H15F4N5O/c1-2-26(15-8-6-14(19)7-9-15)16(28)11-27-24-17(23-25-27)12-4-3-5-13(10-12)18(20,21)22/h3-10H,2,11H2,1H3. The molecule has 0 spiro atoms. The number of carbonyl (C=O) groups is 1. The predicted molar refractivity (Wildman–Crippen MR) is 92.7 cm³/mol. The van der Waals surface area contributed by atoms with E-state index in [1.807, 2.05) is 0 Å². The molecule has 3 aromatic rings. The Morgan fingerprint density at radius 3 is 2.50 bits per heavy atom. The highest BCUT2D eigenvalue weighted by atomic mass is 19.4. The van der Waals surface area contributed by atoms with Gasteiger partial charge in [-0.15, -0.1) is 10.2 Å². The smallest absolute Gasteiger partial charge is 0.311 e. The molecule has 1 aromatic heterocycles. The summed E-state index contributed by atoms with van der Waals surface area (Å²) in [6, 6.07) is 9.96. The summed E-state index contributed by atoms with van der Waals surface area (Å²) in [5, 5.41) is 11.4. The van der Waals surface area contributed by atoms with Crippen LogP contribution in [0.3, 0.4) is 0 Å². The molecule has 0 bridgehead atoms. The highest BCUT2D eigenvalue weighted by Crippen LogP contribution is 2.31. The van der Waals surface area contributed by atoms with Crippen molar-refractivity contribution in [3.8, 4) is 11.4 Å². The molecule has 1 amide bonds. The Bertz CT molecular complexity index is 969. The molecule has 0 saturated carbocycles. The Kier molecular flexibility index (Phi) is 5.39. The van der Waals surface area contributed by atoms with E-state index in [1.165, 1.54) is 41.3 Å². The summed E-state index contributed by atoms with van der Waals surface area (Å²) in [7, 11) is 0. The van der Waals surface area contributed by atoms with Crippen molar-refractivity contribution in [2.24, 2.45) is 0 Å². The lowest BCUT2D eigenvalue weighted by molar-refractivity contribution is -0.137. The molecule has 146 valence electrons. The zero-order chi connectivity index (χ0) is 20.3. The van der Waals surface area contributed by atoms with Crippen molar-refractivity contribution in [1.29, 1.82) is 0 Å². The second-order valence-corrected chi connectivity index (χ2v) is 5.84. The number of tetrazole rings is 1. The van der Waals surface area contributed by atoms with Crippen molar-refractivity contribution in [3.05, 3.63) is 59.9 Å². The maximum Gasteiger partial charge on any atom is 0.416 e. The van der Waals surface area contributed by atoms with Crippen LogP contribution in [0.25, 0.3) is 11.4 Å². The van der Waals surface area contributed by atoms with Gasteiger partial charge in [0.15, 0.2) is 0 Å². The second kappa shape index (κ2) is 7.75. The molecule has 0 aliphatic rings. The van der Waals surface area contributed by atoms with Crippen LogP contribution in [0.1, 0.15) is 12.5 Å². The maximum absolute atomic E-state index is 13.1. The fourth-order valence-corrected chi connectivity index (χ4v) is 2.59. The fraction of sp³-hybridized carbons (Fsp3) is 0.222. The van der Waals surface area contributed by atoms with Crippen LogP contribution in [0.2, 0.25) is 0 Å². The van der Waals surface area contributed by atoms with Gasteiger partial charge in [-0.25, -0.2) is 4.39 Å². The molecular formula is C18H15F4N5O. The van der Waals surface area contributed by atoms with Gasteiger partial charge in [-0.05, 0) is 48.5 Å².